The fourth-order valence-corrected chi connectivity index (χ4v) is 3.94. The molecule has 1 unspecified atom stereocenters. The number of piperidine rings is 1. The van der Waals surface area contributed by atoms with Crippen LogP contribution >= 0.6 is 0 Å². The van der Waals surface area contributed by atoms with Gasteiger partial charge in [-0.25, -0.2) is 4.79 Å². The summed E-state index contributed by atoms with van der Waals surface area (Å²) in [5.74, 6) is -0.854. The van der Waals surface area contributed by atoms with Crippen LogP contribution in [0.1, 0.15) is 62.0 Å². The first-order valence-corrected chi connectivity index (χ1v) is 8.86. The molecule has 0 saturated carbocycles. The number of fused-ring (bicyclic) bond motifs is 1. The Labute approximate surface area is 144 Å². The van der Waals surface area contributed by atoms with Crippen LogP contribution in [0.2, 0.25) is 0 Å². The van der Waals surface area contributed by atoms with Crippen LogP contribution in [0.4, 0.5) is 0 Å². The molecule has 0 aromatic heterocycles. The molecule has 0 amide bonds. The van der Waals surface area contributed by atoms with E-state index in [9.17, 15) is 9.90 Å². The Morgan fingerprint density at radius 1 is 1.12 bits per heavy atom. The molecular formula is C21H27NO2. The Morgan fingerprint density at radius 2 is 1.83 bits per heavy atom. The summed E-state index contributed by atoms with van der Waals surface area (Å²) in [5.41, 5.74) is 1.93. The van der Waals surface area contributed by atoms with Gasteiger partial charge in [-0.2, -0.15) is 0 Å². The minimum absolute atomic E-state index is 0.256. The predicted molar refractivity (Wildman–Crippen MR) is 98.5 cm³/mol. The van der Waals surface area contributed by atoms with Gasteiger partial charge in [0.25, 0.3) is 0 Å². The molecule has 3 heteroatoms. The summed E-state index contributed by atoms with van der Waals surface area (Å²) in [4.78, 5) is 14.1. The van der Waals surface area contributed by atoms with Crippen molar-refractivity contribution < 1.29 is 9.90 Å². The molecule has 128 valence electrons. The van der Waals surface area contributed by atoms with Crippen LogP contribution in [-0.4, -0.2) is 29.1 Å². The first kappa shape index (κ1) is 17.0. The van der Waals surface area contributed by atoms with Crippen LogP contribution in [0.15, 0.2) is 36.4 Å². The van der Waals surface area contributed by atoms with Crippen molar-refractivity contribution in [3.63, 3.8) is 0 Å². The first-order chi connectivity index (χ1) is 11.4. The molecular weight excluding hydrogens is 298 g/mol. The highest BCUT2D eigenvalue weighted by Gasteiger charge is 2.29. The molecule has 1 heterocycles. The molecule has 0 radical (unpaired) electrons. The quantitative estimate of drug-likeness (QED) is 0.852. The summed E-state index contributed by atoms with van der Waals surface area (Å²) in [6, 6.07) is 12.1. The summed E-state index contributed by atoms with van der Waals surface area (Å²) in [7, 11) is 0. The molecule has 0 spiro atoms. The van der Waals surface area contributed by atoms with E-state index < -0.39 is 5.97 Å². The van der Waals surface area contributed by atoms with Gasteiger partial charge < -0.3 is 5.11 Å². The fraction of sp³-hybridized carbons (Fsp3) is 0.476. The lowest BCUT2D eigenvalue weighted by atomic mass is 9.87. The maximum atomic E-state index is 11.5. The van der Waals surface area contributed by atoms with Gasteiger partial charge in [0.2, 0.25) is 0 Å². The summed E-state index contributed by atoms with van der Waals surface area (Å²) in [6.07, 6.45) is 3.63. The molecule has 2 aromatic carbocycles. The van der Waals surface area contributed by atoms with E-state index in [0.717, 1.165) is 30.3 Å². The van der Waals surface area contributed by atoms with Gasteiger partial charge in [0.15, 0.2) is 0 Å². The van der Waals surface area contributed by atoms with E-state index >= 15 is 0 Å². The van der Waals surface area contributed by atoms with Gasteiger partial charge in [0.05, 0.1) is 5.56 Å². The molecule has 1 aliphatic rings. The molecule has 3 rings (SSSR count). The van der Waals surface area contributed by atoms with E-state index in [2.05, 4.69) is 31.7 Å². The Morgan fingerprint density at radius 3 is 2.50 bits per heavy atom. The van der Waals surface area contributed by atoms with Crippen molar-refractivity contribution in [1.82, 2.24) is 4.90 Å². The molecule has 0 aliphatic carbocycles. The lowest BCUT2D eigenvalue weighted by Gasteiger charge is -2.40. The van der Waals surface area contributed by atoms with Crippen LogP contribution in [-0.2, 0) is 0 Å². The Balaban J connectivity index is 2.07. The summed E-state index contributed by atoms with van der Waals surface area (Å²) in [5, 5.41) is 11.4. The molecule has 1 N–H and O–H groups in total. The maximum absolute atomic E-state index is 11.5. The number of carbonyl (C=O) groups is 1. The van der Waals surface area contributed by atoms with Crippen molar-refractivity contribution in [2.45, 2.75) is 46.1 Å². The van der Waals surface area contributed by atoms with Crippen molar-refractivity contribution in [1.29, 1.82) is 0 Å². The van der Waals surface area contributed by atoms with Crippen LogP contribution in [0, 0.1) is 5.41 Å². The van der Waals surface area contributed by atoms with E-state index in [1.54, 1.807) is 6.07 Å². The second-order valence-electron chi connectivity index (χ2n) is 8.10. The average molecular weight is 325 g/mol. The van der Waals surface area contributed by atoms with Crippen LogP contribution < -0.4 is 0 Å². The lowest BCUT2D eigenvalue weighted by molar-refractivity contribution is 0.0699. The highest BCUT2D eigenvalue weighted by molar-refractivity contribution is 6.04. The van der Waals surface area contributed by atoms with E-state index in [0.29, 0.717) is 11.6 Å². The van der Waals surface area contributed by atoms with Gasteiger partial charge in [0.1, 0.15) is 0 Å². The SMILES string of the molecule is CC(C)(C)CN1CCCCC1c1ccc(C(=O)O)c2ccccc12. The van der Waals surface area contributed by atoms with Crippen LogP contribution in [0.25, 0.3) is 10.8 Å². The van der Waals surface area contributed by atoms with E-state index in [-0.39, 0.29) is 5.41 Å². The van der Waals surface area contributed by atoms with Crippen LogP contribution in [0.3, 0.4) is 0 Å². The zero-order chi connectivity index (χ0) is 17.3. The number of nitrogens with zero attached hydrogens (tertiary/aromatic N) is 1. The van der Waals surface area contributed by atoms with Crippen LogP contribution in [0.5, 0.6) is 0 Å². The molecule has 1 fully saturated rings. The molecule has 24 heavy (non-hydrogen) atoms. The fourth-order valence-electron chi connectivity index (χ4n) is 3.94. The van der Waals surface area contributed by atoms with E-state index in [1.165, 1.54) is 18.4 Å². The highest BCUT2D eigenvalue weighted by atomic mass is 16.4. The molecule has 3 nitrogen and oxygen atoms in total. The monoisotopic (exact) mass is 325 g/mol. The third kappa shape index (κ3) is 3.46. The Kier molecular flexibility index (Phi) is 4.64. The number of hydrogen-bond acceptors (Lipinski definition) is 2. The lowest BCUT2D eigenvalue weighted by Crippen LogP contribution is -2.39. The van der Waals surface area contributed by atoms with Crippen molar-refractivity contribution >= 4 is 16.7 Å². The first-order valence-electron chi connectivity index (χ1n) is 8.86. The molecule has 1 saturated heterocycles. The normalized spacial score (nSPS) is 19.5. The topological polar surface area (TPSA) is 40.5 Å². The van der Waals surface area contributed by atoms with Gasteiger partial charge in [-0.1, -0.05) is 57.5 Å². The van der Waals surface area contributed by atoms with Gasteiger partial charge in [0, 0.05) is 12.6 Å². The minimum Gasteiger partial charge on any atom is -0.478 e. The Bertz CT molecular complexity index is 745. The number of benzene rings is 2. The maximum Gasteiger partial charge on any atom is 0.336 e. The standard InChI is InChI=1S/C21H27NO2/c1-21(2,3)14-22-13-7-6-10-19(22)17-11-12-18(20(23)24)16-9-5-4-8-15(16)17/h4-5,8-9,11-12,19H,6-7,10,13-14H2,1-3H3,(H,23,24). The number of hydrogen-bond donors (Lipinski definition) is 1. The largest absolute Gasteiger partial charge is 0.478 e. The van der Waals surface area contributed by atoms with Crippen molar-refractivity contribution in [2.24, 2.45) is 5.41 Å². The third-order valence-corrected chi connectivity index (χ3v) is 4.84. The second-order valence-corrected chi connectivity index (χ2v) is 8.10. The minimum atomic E-state index is -0.854. The number of likely N-dealkylation sites (tertiary alicyclic amines) is 1. The van der Waals surface area contributed by atoms with Crippen molar-refractivity contribution in [3.8, 4) is 0 Å². The number of carboxylic acid groups (broad SMARTS) is 1. The molecule has 1 atom stereocenters. The van der Waals surface area contributed by atoms with E-state index in [1.807, 2.05) is 24.3 Å². The highest BCUT2D eigenvalue weighted by Crippen LogP contribution is 2.37. The predicted octanol–water partition coefficient (Wildman–Crippen LogP) is 5.11. The molecule has 0 bridgehead atoms. The average Bonchev–Trinajstić information content (AvgIpc) is 2.53. The Hall–Kier alpha value is -1.87. The number of aromatic carboxylic acids is 1. The zero-order valence-electron chi connectivity index (χ0n) is 14.9. The van der Waals surface area contributed by atoms with Crippen molar-refractivity contribution in [3.05, 3.63) is 47.5 Å². The van der Waals surface area contributed by atoms with Gasteiger partial charge >= 0.3 is 5.97 Å². The summed E-state index contributed by atoms with van der Waals surface area (Å²) < 4.78 is 0. The van der Waals surface area contributed by atoms with E-state index in [4.69, 9.17) is 0 Å². The number of rotatable bonds is 3. The summed E-state index contributed by atoms with van der Waals surface area (Å²) >= 11 is 0. The molecule has 1 aliphatic heterocycles. The molecule has 2 aromatic rings. The van der Waals surface area contributed by atoms with Gasteiger partial charge in [-0.05, 0) is 47.2 Å². The van der Waals surface area contributed by atoms with Gasteiger partial charge in [-0.3, -0.25) is 4.90 Å². The number of carboxylic acids is 1. The third-order valence-electron chi connectivity index (χ3n) is 4.84. The zero-order valence-corrected chi connectivity index (χ0v) is 14.9. The van der Waals surface area contributed by atoms with Crippen molar-refractivity contribution in [2.75, 3.05) is 13.1 Å². The smallest absolute Gasteiger partial charge is 0.336 e. The van der Waals surface area contributed by atoms with Gasteiger partial charge in [-0.15, -0.1) is 0 Å². The second kappa shape index (κ2) is 6.56. The summed E-state index contributed by atoms with van der Waals surface area (Å²) in [6.45, 7) is 9.03.